The van der Waals surface area contributed by atoms with E-state index in [2.05, 4.69) is 10.9 Å². The van der Waals surface area contributed by atoms with Gasteiger partial charge in [0.15, 0.2) is 6.61 Å². The predicted octanol–water partition coefficient (Wildman–Crippen LogP) is 3.54. The van der Waals surface area contributed by atoms with E-state index >= 15 is 0 Å². The molecule has 0 saturated heterocycles. The zero-order valence-corrected chi connectivity index (χ0v) is 14.9. The molecule has 0 unspecified atom stereocenters. The largest absolute Gasteiger partial charge is 0.483 e. The highest BCUT2D eigenvalue weighted by molar-refractivity contribution is 6.37. The molecule has 0 aliphatic rings. The van der Waals surface area contributed by atoms with Gasteiger partial charge in [-0.25, -0.2) is 0 Å². The molecule has 5 nitrogen and oxygen atoms in total. The number of para-hydroxylation sites is 1. The Hall–Kier alpha value is -2.50. The molecule has 2 amide bonds. The van der Waals surface area contributed by atoms with Crippen LogP contribution in [0.4, 0.5) is 0 Å². The Bertz CT molecular complexity index is 786. The molecule has 0 bridgehead atoms. The number of halogens is 2. The zero-order valence-electron chi connectivity index (χ0n) is 13.4. The number of amides is 2. The summed E-state index contributed by atoms with van der Waals surface area (Å²) in [6.07, 6.45) is 2.69. The number of nitrogens with one attached hydrogen (secondary N) is 2. The maximum absolute atomic E-state index is 11.7. The average Bonchev–Trinajstić information content (AvgIpc) is 2.59. The van der Waals surface area contributed by atoms with Crippen molar-refractivity contribution in [2.75, 3.05) is 6.61 Å². The van der Waals surface area contributed by atoms with Crippen LogP contribution < -0.4 is 15.6 Å². The molecule has 130 valence electrons. The fraction of sp³-hybridized carbons (Fsp3) is 0.111. The maximum atomic E-state index is 11.7. The van der Waals surface area contributed by atoms with Gasteiger partial charge in [-0.3, -0.25) is 20.4 Å². The molecule has 2 rings (SSSR count). The van der Waals surface area contributed by atoms with Gasteiger partial charge in [-0.15, -0.1) is 0 Å². The molecular weight excluding hydrogens is 363 g/mol. The topological polar surface area (TPSA) is 67.4 Å². The van der Waals surface area contributed by atoms with E-state index in [1.54, 1.807) is 24.3 Å². The van der Waals surface area contributed by atoms with Crippen LogP contribution in [0.2, 0.25) is 10.0 Å². The Morgan fingerprint density at radius 2 is 1.72 bits per heavy atom. The molecule has 0 saturated carbocycles. The third-order valence-electron chi connectivity index (χ3n) is 3.18. The lowest BCUT2D eigenvalue weighted by atomic mass is 10.2. The van der Waals surface area contributed by atoms with Crippen LogP contribution in [0, 0.1) is 6.92 Å². The normalized spacial score (nSPS) is 10.5. The Labute approximate surface area is 155 Å². The van der Waals surface area contributed by atoms with E-state index in [1.165, 1.54) is 12.2 Å². The number of carbonyl (C=O) groups excluding carboxylic acids is 2. The van der Waals surface area contributed by atoms with Crippen LogP contribution in [0.3, 0.4) is 0 Å². The summed E-state index contributed by atoms with van der Waals surface area (Å²) in [6, 6.07) is 12.4. The third-order valence-corrected chi connectivity index (χ3v) is 3.84. The van der Waals surface area contributed by atoms with E-state index in [9.17, 15) is 9.59 Å². The van der Waals surface area contributed by atoms with Gasteiger partial charge in [0.05, 0.1) is 0 Å². The summed E-state index contributed by atoms with van der Waals surface area (Å²) in [4.78, 5) is 23.4. The van der Waals surface area contributed by atoms with E-state index in [0.29, 0.717) is 21.4 Å². The predicted molar refractivity (Wildman–Crippen MR) is 98.5 cm³/mol. The fourth-order valence-corrected chi connectivity index (χ4v) is 2.42. The first-order valence-electron chi connectivity index (χ1n) is 7.36. The van der Waals surface area contributed by atoms with Crippen molar-refractivity contribution in [1.82, 2.24) is 10.9 Å². The minimum Gasteiger partial charge on any atom is -0.483 e. The molecule has 7 heteroatoms. The number of carbonyl (C=O) groups is 2. The average molecular weight is 379 g/mol. The number of rotatable bonds is 5. The van der Waals surface area contributed by atoms with Gasteiger partial charge in [-0.05, 0) is 36.8 Å². The number of hydrazine groups is 1. The standard InChI is InChI=1S/C18H16Cl2N2O3/c1-12-5-2-3-8-16(12)25-11-18(24)22-21-17(23)10-9-13-14(19)6-4-7-15(13)20/h2-10H,11H2,1H3,(H,21,23)(H,22,24)/b10-9+. The Balaban J connectivity index is 1.80. The molecule has 2 aromatic rings. The molecule has 0 radical (unpaired) electrons. The van der Waals surface area contributed by atoms with Crippen molar-refractivity contribution in [1.29, 1.82) is 0 Å². The zero-order chi connectivity index (χ0) is 18.2. The lowest BCUT2D eigenvalue weighted by Gasteiger charge is -2.09. The highest BCUT2D eigenvalue weighted by Gasteiger charge is 2.06. The van der Waals surface area contributed by atoms with Gasteiger partial charge in [0, 0.05) is 21.7 Å². The molecular formula is C18H16Cl2N2O3. The van der Waals surface area contributed by atoms with Crippen LogP contribution in [0.5, 0.6) is 5.75 Å². The molecule has 0 fully saturated rings. The lowest BCUT2D eigenvalue weighted by Crippen LogP contribution is -2.43. The number of aryl methyl sites for hydroxylation is 1. The van der Waals surface area contributed by atoms with Crippen LogP contribution in [0.25, 0.3) is 6.08 Å². The highest BCUT2D eigenvalue weighted by atomic mass is 35.5. The molecule has 0 heterocycles. The minimum absolute atomic E-state index is 0.217. The fourth-order valence-electron chi connectivity index (χ4n) is 1.90. The van der Waals surface area contributed by atoms with E-state index in [4.69, 9.17) is 27.9 Å². The van der Waals surface area contributed by atoms with Gasteiger partial charge >= 0.3 is 0 Å². The molecule has 0 spiro atoms. The monoisotopic (exact) mass is 378 g/mol. The van der Waals surface area contributed by atoms with Crippen molar-refractivity contribution in [3.05, 3.63) is 69.7 Å². The molecule has 2 N–H and O–H groups in total. The quantitative estimate of drug-likeness (QED) is 0.617. The first kappa shape index (κ1) is 18.8. The summed E-state index contributed by atoms with van der Waals surface area (Å²) in [5, 5.41) is 0.847. The van der Waals surface area contributed by atoms with E-state index < -0.39 is 11.8 Å². The van der Waals surface area contributed by atoms with E-state index in [-0.39, 0.29) is 6.61 Å². The smallest absolute Gasteiger partial charge is 0.276 e. The molecule has 2 aromatic carbocycles. The highest BCUT2D eigenvalue weighted by Crippen LogP contribution is 2.25. The van der Waals surface area contributed by atoms with Crippen LogP contribution >= 0.6 is 23.2 Å². The van der Waals surface area contributed by atoms with Crippen molar-refractivity contribution in [3.8, 4) is 5.75 Å². The number of hydrogen-bond acceptors (Lipinski definition) is 3. The molecule has 0 aliphatic heterocycles. The van der Waals surface area contributed by atoms with Gasteiger partial charge < -0.3 is 4.74 Å². The third kappa shape index (κ3) is 5.81. The van der Waals surface area contributed by atoms with Gasteiger partial charge in [-0.2, -0.15) is 0 Å². The molecule has 25 heavy (non-hydrogen) atoms. The summed E-state index contributed by atoms with van der Waals surface area (Å²) in [5.41, 5.74) is 5.95. The maximum Gasteiger partial charge on any atom is 0.276 e. The Morgan fingerprint density at radius 1 is 1.04 bits per heavy atom. The van der Waals surface area contributed by atoms with E-state index in [1.807, 2.05) is 25.1 Å². The second-order valence-electron chi connectivity index (χ2n) is 5.06. The van der Waals surface area contributed by atoms with E-state index in [0.717, 1.165) is 5.56 Å². The van der Waals surface area contributed by atoms with Gasteiger partial charge in [0.2, 0.25) is 0 Å². The van der Waals surface area contributed by atoms with Crippen molar-refractivity contribution in [3.63, 3.8) is 0 Å². The van der Waals surface area contributed by atoms with Crippen molar-refractivity contribution >= 4 is 41.1 Å². The molecule has 0 atom stereocenters. The Kier molecular flexibility index (Phi) is 6.86. The number of hydrogen-bond donors (Lipinski definition) is 2. The first-order chi connectivity index (χ1) is 12.0. The summed E-state index contributed by atoms with van der Waals surface area (Å²) < 4.78 is 5.38. The Morgan fingerprint density at radius 3 is 2.40 bits per heavy atom. The summed E-state index contributed by atoms with van der Waals surface area (Å²) in [5.74, 6) is -0.404. The first-order valence-corrected chi connectivity index (χ1v) is 8.12. The summed E-state index contributed by atoms with van der Waals surface area (Å²) >= 11 is 12.0. The summed E-state index contributed by atoms with van der Waals surface area (Å²) in [6.45, 7) is 1.66. The second-order valence-corrected chi connectivity index (χ2v) is 5.87. The van der Waals surface area contributed by atoms with Gasteiger partial charge in [0.1, 0.15) is 5.75 Å². The van der Waals surface area contributed by atoms with Gasteiger partial charge in [-0.1, -0.05) is 47.5 Å². The number of benzene rings is 2. The molecule has 0 aliphatic carbocycles. The van der Waals surface area contributed by atoms with Crippen LogP contribution in [0.1, 0.15) is 11.1 Å². The number of ether oxygens (including phenoxy) is 1. The van der Waals surface area contributed by atoms with Crippen molar-refractivity contribution < 1.29 is 14.3 Å². The van der Waals surface area contributed by atoms with Crippen molar-refractivity contribution in [2.45, 2.75) is 6.92 Å². The van der Waals surface area contributed by atoms with Crippen LogP contribution in [-0.2, 0) is 9.59 Å². The van der Waals surface area contributed by atoms with Crippen LogP contribution in [-0.4, -0.2) is 18.4 Å². The minimum atomic E-state index is -0.528. The lowest BCUT2D eigenvalue weighted by molar-refractivity contribution is -0.128. The second kappa shape index (κ2) is 9.11. The summed E-state index contributed by atoms with van der Waals surface area (Å²) in [7, 11) is 0. The molecule has 0 aromatic heterocycles. The van der Waals surface area contributed by atoms with Crippen molar-refractivity contribution in [2.24, 2.45) is 0 Å². The van der Waals surface area contributed by atoms with Gasteiger partial charge in [0.25, 0.3) is 11.8 Å². The van der Waals surface area contributed by atoms with Crippen LogP contribution in [0.15, 0.2) is 48.5 Å². The SMILES string of the molecule is Cc1ccccc1OCC(=O)NNC(=O)/C=C/c1c(Cl)cccc1Cl.